The summed E-state index contributed by atoms with van der Waals surface area (Å²) in [5, 5.41) is 9.53. The fraction of sp³-hybridized carbons (Fsp3) is 0.571. The fourth-order valence-corrected chi connectivity index (χ4v) is 2.62. The molecule has 2 unspecified atom stereocenters. The third-order valence-electron chi connectivity index (χ3n) is 3.53. The molecular formula is C14H20N2O3. The topological polar surface area (TPSA) is 73.4 Å². The van der Waals surface area contributed by atoms with Crippen LogP contribution in [0.3, 0.4) is 0 Å². The number of carbonyl (C=O) groups excluding carboxylic acids is 1. The van der Waals surface area contributed by atoms with Crippen molar-refractivity contribution in [1.82, 2.24) is 9.88 Å². The van der Waals surface area contributed by atoms with Crippen molar-refractivity contribution in [3.63, 3.8) is 0 Å². The van der Waals surface area contributed by atoms with E-state index >= 15 is 0 Å². The van der Waals surface area contributed by atoms with E-state index in [4.69, 9.17) is 0 Å². The summed E-state index contributed by atoms with van der Waals surface area (Å²) in [6, 6.07) is 3.00. The molecule has 19 heavy (non-hydrogen) atoms. The van der Waals surface area contributed by atoms with Crippen molar-refractivity contribution in [2.45, 2.75) is 44.8 Å². The Morgan fingerprint density at radius 2 is 2.32 bits per heavy atom. The van der Waals surface area contributed by atoms with Gasteiger partial charge in [-0.25, -0.2) is 0 Å². The first-order valence-corrected chi connectivity index (χ1v) is 6.75. The Morgan fingerprint density at radius 3 is 2.95 bits per heavy atom. The zero-order valence-electron chi connectivity index (χ0n) is 11.1. The van der Waals surface area contributed by atoms with E-state index < -0.39 is 6.10 Å². The van der Waals surface area contributed by atoms with Crippen molar-refractivity contribution in [2.75, 3.05) is 6.54 Å². The van der Waals surface area contributed by atoms with E-state index in [-0.39, 0.29) is 17.5 Å². The first kappa shape index (κ1) is 13.8. The molecule has 0 radical (unpaired) electrons. The molecule has 0 aromatic carbocycles. The maximum absolute atomic E-state index is 12.4. The average Bonchev–Trinajstić information content (AvgIpc) is 2.39. The molecule has 1 aromatic heterocycles. The van der Waals surface area contributed by atoms with Gasteiger partial charge in [-0.3, -0.25) is 9.59 Å². The second-order valence-corrected chi connectivity index (χ2v) is 5.17. The number of aromatic amines is 1. The van der Waals surface area contributed by atoms with Crippen LogP contribution < -0.4 is 5.56 Å². The lowest BCUT2D eigenvalue weighted by Crippen LogP contribution is -2.45. The number of hydrogen-bond acceptors (Lipinski definition) is 3. The second kappa shape index (κ2) is 6.02. The van der Waals surface area contributed by atoms with Crippen LogP contribution in [0.15, 0.2) is 23.1 Å². The molecule has 2 heterocycles. The number of aliphatic hydroxyl groups is 1. The zero-order chi connectivity index (χ0) is 13.8. The van der Waals surface area contributed by atoms with Crippen LogP contribution in [0.25, 0.3) is 0 Å². The number of piperidine rings is 1. The van der Waals surface area contributed by atoms with Gasteiger partial charge in [-0.15, -0.1) is 0 Å². The molecule has 5 nitrogen and oxygen atoms in total. The number of hydrogen-bond donors (Lipinski definition) is 2. The van der Waals surface area contributed by atoms with Gasteiger partial charge in [0.2, 0.25) is 5.56 Å². The predicted molar refractivity (Wildman–Crippen MR) is 72.0 cm³/mol. The fourth-order valence-electron chi connectivity index (χ4n) is 2.62. The van der Waals surface area contributed by atoms with Gasteiger partial charge in [-0.05, 0) is 38.7 Å². The summed E-state index contributed by atoms with van der Waals surface area (Å²) in [4.78, 5) is 27.8. The third-order valence-corrected chi connectivity index (χ3v) is 3.53. The molecule has 0 saturated carbocycles. The number of aromatic nitrogens is 1. The molecule has 1 aliphatic rings. The normalized spacial score (nSPS) is 21.2. The molecule has 0 bridgehead atoms. The highest BCUT2D eigenvalue weighted by molar-refractivity contribution is 5.94. The number of H-pyrrole nitrogens is 1. The van der Waals surface area contributed by atoms with E-state index in [1.54, 1.807) is 13.0 Å². The molecule has 104 valence electrons. The van der Waals surface area contributed by atoms with Gasteiger partial charge in [0.05, 0.1) is 11.7 Å². The van der Waals surface area contributed by atoms with Crippen molar-refractivity contribution in [3.8, 4) is 0 Å². The summed E-state index contributed by atoms with van der Waals surface area (Å²) < 4.78 is 0. The largest absolute Gasteiger partial charge is 0.393 e. The van der Waals surface area contributed by atoms with E-state index in [0.29, 0.717) is 12.0 Å². The minimum absolute atomic E-state index is 0.0680. The van der Waals surface area contributed by atoms with Crippen LogP contribution in [0.2, 0.25) is 0 Å². The van der Waals surface area contributed by atoms with Crippen LogP contribution >= 0.6 is 0 Å². The first-order valence-electron chi connectivity index (χ1n) is 6.75. The minimum Gasteiger partial charge on any atom is -0.393 e. The van der Waals surface area contributed by atoms with Crippen LogP contribution in [-0.4, -0.2) is 39.6 Å². The number of nitrogens with zero attached hydrogens (tertiary/aromatic N) is 1. The Hall–Kier alpha value is -1.62. The smallest absolute Gasteiger partial charge is 0.255 e. The van der Waals surface area contributed by atoms with Gasteiger partial charge < -0.3 is 15.0 Å². The Labute approximate surface area is 112 Å². The Kier molecular flexibility index (Phi) is 4.37. The van der Waals surface area contributed by atoms with E-state index in [1.165, 1.54) is 12.3 Å². The standard InChI is InChI=1S/C14H20N2O3/c1-10(17)8-12-4-2-3-7-16(12)14(19)11-5-6-13(18)15-9-11/h5-6,9-10,12,17H,2-4,7-8H2,1H3,(H,15,18). The average molecular weight is 264 g/mol. The van der Waals surface area contributed by atoms with E-state index in [9.17, 15) is 14.7 Å². The number of rotatable bonds is 3. The summed E-state index contributed by atoms with van der Waals surface area (Å²) in [5.41, 5.74) is 0.285. The molecule has 1 saturated heterocycles. The summed E-state index contributed by atoms with van der Waals surface area (Å²) in [6.45, 7) is 2.46. The number of likely N-dealkylation sites (tertiary alicyclic amines) is 1. The molecule has 1 amide bonds. The lowest BCUT2D eigenvalue weighted by molar-refractivity contribution is 0.0514. The van der Waals surface area contributed by atoms with Gasteiger partial charge in [0.25, 0.3) is 5.91 Å². The van der Waals surface area contributed by atoms with Gasteiger partial charge in [-0.1, -0.05) is 0 Å². The van der Waals surface area contributed by atoms with Crippen molar-refractivity contribution in [3.05, 3.63) is 34.2 Å². The zero-order valence-corrected chi connectivity index (χ0v) is 11.1. The summed E-state index contributed by atoms with van der Waals surface area (Å²) >= 11 is 0. The lowest BCUT2D eigenvalue weighted by atomic mass is 9.96. The number of carbonyl (C=O) groups is 1. The highest BCUT2D eigenvalue weighted by Crippen LogP contribution is 2.22. The number of pyridine rings is 1. The molecule has 1 fully saturated rings. The molecule has 1 aromatic rings. The minimum atomic E-state index is -0.408. The van der Waals surface area contributed by atoms with E-state index in [1.807, 2.05) is 4.90 Å². The molecule has 0 spiro atoms. The predicted octanol–water partition coefficient (Wildman–Crippen LogP) is 1.14. The monoisotopic (exact) mass is 264 g/mol. The lowest BCUT2D eigenvalue weighted by Gasteiger charge is -2.36. The highest BCUT2D eigenvalue weighted by Gasteiger charge is 2.28. The highest BCUT2D eigenvalue weighted by atomic mass is 16.3. The van der Waals surface area contributed by atoms with Gasteiger partial charge in [-0.2, -0.15) is 0 Å². The van der Waals surface area contributed by atoms with Crippen LogP contribution in [0, 0.1) is 0 Å². The summed E-state index contributed by atoms with van der Waals surface area (Å²) in [7, 11) is 0. The molecular weight excluding hydrogens is 244 g/mol. The van der Waals surface area contributed by atoms with Crippen LogP contribution in [0.1, 0.15) is 43.0 Å². The van der Waals surface area contributed by atoms with Gasteiger partial charge in [0.1, 0.15) is 0 Å². The molecule has 0 aliphatic carbocycles. The van der Waals surface area contributed by atoms with Crippen molar-refractivity contribution in [2.24, 2.45) is 0 Å². The molecule has 2 atom stereocenters. The number of amides is 1. The van der Waals surface area contributed by atoms with Gasteiger partial charge >= 0.3 is 0 Å². The SMILES string of the molecule is CC(O)CC1CCCCN1C(=O)c1ccc(=O)[nH]c1. The molecule has 2 rings (SSSR count). The van der Waals surface area contributed by atoms with Gasteiger partial charge in [0.15, 0.2) is 0 Å². The maximum atomic E-state index is 12.4. The summed E-state index contributed by atoms with van der Waals surface area (Å²) in [5.74, 6) is -0.0680. The van der Waals surface area contributed by atoms with E-state index in [0.717, 1.165) is 25.8 Å². The first-order chi connectivity index (χ1) is 9.08. The van der Waals surface area contributed by atoms with Gasteiger partial charge in [0, 0.05) is 24.8 Å². The second-order valence-electron chi connectivity index (χ2n) is 5.17. The van der Waals surface area contributed by atoms with Crippen LogP contribution in [-0.2, 0) is 0 Å². The Morgan fingerprint density at radius 1 is 1.53 bits per heavy atom. The quantitative estimate of drug-likeness (QED) is 0.859. The van der Waals surface area contributed by atoms with Crippen LogP contribution in [0.5, 0.6) is 0 Å². The van der Waals surface area contributed by atoms with Crippen molar-refractivity contribution < 1.29 is 9.90 Å². The Bertz CT molecular complexity index is 475. The third kappa shape index (κ3) is 3.44. The Balaban J connectivity index is 2.15. The van der Waals surface area contributed by atoms with Crippen molar-refractivity contribution in [1.29, 1.82) is 0 Å². The maximum Gasteiger partial charge on any atom is 0.255 e. The van der Waals surface area contributed by atoms with Crippen molar-refractivity contribution >= 4 is 5.91 Å². The molecule has 1 aliphatic heterocycles. The number of nitrogens with one attached hydrogen (secondary N) is 1. The summed E-state index contributed by atoms with van der Waals surface area (Å²) in [6.07, 6.45) is 4.67. The van der Waals surface area contributed by atoms with E-state index in [2.05, 4.69) is 4.98 Å². The number of aliphatic hydroxyl groups excluding tert-OH is 1. The molecule has 5 heteroatoms. The molecule has 2 N–H and O–H groups in total. The van der Waals surface area contributed by atoms with Crippen LogP contribution in [0.4, 0.5) is 0 Å².